The van der Waals surface area contributed by atoms with Crippen molar-refractivity contribution in [2.24, 2.45) is 0 Å². The molecule has 86 valence electrons. The summed E-state index contributed by atoms with van der Waals surface area (Å²) >= 11 is 0. The average molecular weight is 247 g/mol. The van der Waals surface area contributed by atoms with Crippen molar-refractivity contribution in [3.05, 3.63) is 0 Å². The van der Waals surface area contributed by atoms with E-state index in [1.807, 2.05) is 0 Å². The summed E-state index contributed by atoms with van der Waals surface area (Å²) in [5.41, 5.74) is 0. The minimum atomic E-state index is -0.867. The fraction of sp³-hybridized carbons (Fsp3) is 1.00. The number of rotatable bonds is 5. The van der Waals surface area contributed by atoms with Crippen molar-refractivity contribution in [3.63, 3.8) is 0 Å². The summed E-state index contributed by atoms with van der Waals surface area (Å²) in [5.74, 6) is 0. The van der Waals surface area contributed by atoms with Crippen molar-refractivity contribution >= 4 is 23.3 Å². The van der Waals surface area contributed by atoms with E-state index in [1.54, 1.807) is 12.1 Å². The van der Waals surface area contributed by atoms with E-state index in [0.29, 0.717) is 0 Å². The highest BCUT2D eigenvalue weighted by molar-refractivity contribution is 7.40. The van der Waals surface area contributed by atoms with Gasteiger partial charge in [0, 0.05) is 23.3 Å². The minimum Gasteiger partial charge on any atom is -0.0713 e. The molecule has 0 aliphatic rings. The van der Waals surface area contributed by atoms with Crippen LogP contribution in [-0.2, 0) is 0 Å². The van der Waals surface area contributed by atoms with Crippen molar-refractivity contribution in [2.75, 3.05) is 0 Å². The first kappa shape index (κ1) is 14.7. The number of hydrogen-bond acceptors (Lipinski definition) is 0. The van der Waals surface area contributed by atoms with E-state index in [4.69, 9.17) is 0 Å². The van der Waals surface area contributed by atoms with Gasteiger partial charge in [-0.2, -0.15) is 0 Å². The Bertz CT molecular complexity index is 177. The Morgan fingerprint density at radius 3 is 1.36 bits per heavy atom. The Morgan fingerprint density at radius 2 is 1.07 bits per heavy atom. The third-order valence-electron chi connectivity index (χ3n) is 4.22. The number of hydrogen-bond donors (Lipinski definition) is 0. The summed E-state index contributed by atoms with van der Waals surface area (Å²) < 4.78 is 0. The minimum absolute atomic E-state index is 0.802. The first-order chi connectivity index (χ1) is 6.02. The second-order valence-corrected chi connectivity index (χ2v) is 29.7. The molecule has 0 fully saturated rings. The molecule has 0 atom stereocenters. The SMILES string of the molecule is CC[Si](C)(C)[Si](C)(C)CC[Si](C)(C)C. The summed E-state index contributed by atoms with van der Waals surface area (Å²) in [4.78, 5) is 0. The van der Waals surface area contributed by atoms with Gasteiger partial charge >= 0.3 is 0 Å². The van der Waals surface area contributed by atoms with E-state index in [-0.39, 0.29) is 0 Å². The lowest BCUT2D eigenvalue weighted by molar-refractivity contribution is 1.27. The molecule has 0 saturated carbocycles. The van der Waals surface area contributed by atoms with Gasteiger partial charge in [-0.25, -0.2) is 0 Å². The molecule has 0 aliphatic carbocycles. The predicted molar refractivity (Wildman–Crippen MR) is 78.4 cm³/mol. The monoisotopic (exact) mass is 246 g/mol. The van der Waals surface area contributed by atoms with Crippen molar-refractivity contribution in [1.29, 1.82) is 0 Å². The zero-order chi connectivity index (χ0) is 11.6. The average Bonchev–Trinajstić information content (AvgIpc) is 1.99. The molecule has 0 unspecified atom stereocenters. The maximum absolute atomic E-state index is 2.64. The van der Waals surface area contributed by atoms with Crippen LogP contribution < -0.4 is 0 Å². The van der Waals surface area contributed by atoms with Crippen LogP contribution >= 0.6 is 0 Å². The Balaban J connectivity index is 4.35. The van der Waals surface area contributed by atoms with Crippen LogP contribution in [0.25, 0.3) is 0 Å². The fourth-order valence-electron chi connectivity index (χ4n) is 1.50. The second-order valence-electron chi connectivity index (χ2n) is 7.18. The molecule has 0 amide bonds. The zero-order valence-corrected chi connectivity index (χ0v) is 14.6. The van der Waals surface area contributed by atoms with E-state index in [0.717, 1.165) is 0 Å². The molecule has 0 bridgehead atoms. The first-order valence-electron chi connectivity index (χ1n) is 6.02. The van der Waals surface area contributed by atoms with Gasteiger partial charge in [-0.05, 0) is 0 Å². The van der Waals surface area contributed by atoms with Crippen LogP contribution in [-0.4, -0.2) is 23.3 Å². The lowest BCUT2D eigenvalue weighted by atomic mass is 10.9. The Hall–Kier alpha value is 0.651. The zero-order valence-electron chi connectivity index (χ0n) is 11.6. The highest BCUT2D eigenvalue weighted by Gasteiger charge is 2.39. The molecule has 0 radical (unpaired) electrons. The van der Waals surface area contributed by atoms with E-state index in [2.05, 4.69) is 52.8 Å². The van der Waals surface area contributed by atoms with Gasteiger partial charge in [-0.1, -0.05) is 70.9 Å². The maximum Gasteiger partial charge on any atom is 0.0439 e. The molecular weight excluding hydrogens is 216 g/mol. The largest absolute Gasteiger partial charge is 0.0713 e. The second kappa shape index (κ2) is 4.66. The summed E-state index contributed by atoms with van der Waals surface area (Å²) in [6, 6.07) is 4.64. The van der Waals surface area contributed by atoms with Crippen molar-refractivity contribution in [3.8, 4) is 0 Å². The summed E-state index contributed by atoms with van der Waals surface area (Å²) in [7, 11) is -2.51. The van der Waals surface area contributed by atoms with E-state index in [1.165, 1.54) is 6.04 Å². The van der Waals surface area contributed by atoms with Crippen LogP contribution in [0.2, 0.25) is 64.0 Å². The van der Waals surface area contributed by atoms with E-state index < -0.39 is 23.3 Å². The van der Waals surface area contributed by atoms with Crippen LogP contribution in [0.1, 0.15) is 6.92 Å². The smallest absolute Gasteiger partial charge is 0.0439 e. The first-order valence-corrected chi connectivity index (χ1v) is 17.1. The molecule has 0 heterocycles. The summed E-state index contributed by atoms with van der Waals surface area (Å²) in [5, 5.41) is 0. The molecule has 0 nitrogen and oxygen atoms in total. The standard InChI is InChI=1S/C11H30Si3/c1-9-13(5,6)14(7,8)11-10-12(2,3)4/h9-11H2,1-8H3. The van der Waals surface area contributed by atoms with Crippen LogP contribution in [0.5, 0.6) is 0 Å². The van der Waals surface area contributed by atoms with Crippen LogP contribution in [0, 0.1) is 0 Å². The van der Waals surface area contributed by atoms with Crippen molar-refractivity contribution < 1.29 is 0 Å². The quantitative estimate of drug-likeness (QED) is 0.609. The van der Waals surface area contributed by atoms with Crippen LogP contribution in [0.15, 0.2) is 0 Å². The maximum atomic E-state index is 2.64. The summed E-state index contributed by atoms with van der Waals surface area (Å²) in [6.07, 6.45) is 0. The molecule has 0 spiro atoms. The van der Waals surface area contributed by atoms with Gasteiger partial charge in [-0.15, -0.1) is 0 Å². The van der Waals surface area contributed by atoms with E-state index in [9.17, 15) is 0 Å². The molecule has 0 aliphatic heterocycles. The highest BCUT2D eigenvalue weighted by Crippen LogP contribution is 2.30. The van der Waals surface area contributed by atoms with Gasteiger partial charge in [0.2, 0.25) is 0 Å². The van der Waals surface area contributed by atoms with Gasteiger partial charge in [-0.3, -0.25) is 0 Å². The van der Waals surface area contributed by atoms with Gasteiger partial charge in [0.1, 0.15) is 0 Å². The third-order valence-corrected chi connectivity index (χ3v) is 26.2. The molecule has 0 aromatic heterocycles. The van der Waals surface area contributed by atoms with E-state index >= 15 is 0 Å². The Labute approximate surface area is 94.3 Å². The predicted octanol–water partition coefficient (Wildman–Crippen LogP) is 4.84. The molecule has 0 aromatic carbocycles. The Morgan fingerprint density at radius 1 is 0.643 bits per heavy atom. The molecule has 0 rings (SSSR count). The molecule has 3 heteroatoms. The normalized spacial score (nSPS) is 14.6. The van der Waals surface area contributed by atoms with Crippen molar-refractivity contribution in [1.82, 2.24) is 0 Å². The van der Waals surface area contributed by atoms with Crippen LogP contribution in [0.3, 0.4) is 0 Å². The molecule has 14 heavy (non-hydrogen) atoms. The highest BCUT2D eigenvalue weighted by atomic mass is 29.3. The Kier molecular flexibility index (Phi) is 4.88. The molecule has 0 N–H and O–H groups in total. The van der Waals surface area contributed by atoms with Gasteiger partial charge < -0.3 is 0 Å². The fourth-order valence-corrected chi connectivity index (χ4v) is 14.7. The van der Waals surface area contributed by atoms with Crippen molar-refractivity contribution in [2.45, 2.75) is 70.9 Å². The lowest BCUT2D eigenvalue weighted by Crippen LogP contribution is -2.54. The third kappa shape index (κ3) is 4.45. The topological polar surface area (TPSA) is 0 Å². The molecule has 0 aromatic rings. The van der Waals surface area contributed by atoms with Crippen LogP contribution in [0.4, 0.5) is 0 Å². The molecule has 0 saturated heterocycles. The van der Waals surface area contributed by atoms with Gasteiger partial charge in [0.25, 0.3) is 0 Å². The summed E-state index contributed by atoms with van der Waals surface area (Å²) in [6.45, 7) is 20.5. The lowest BCUT2D eigenvalue weighted by Gasteiger charge is -2.39. The van der Waals surface area contributed by atoms with Gasteiger partial charge in [0.15, 0.2) is 0 Å². The molecular formula is C11H30Si3. The van der Waals surface area contributed by atoms with Gasteiger partial charge in [0.05, 0.1) is 0 Å².